The summed E-state index contributed by atoms with van der Waals surface area (Å²) in [5.41, 5.74) is 2.70. The summed E-state index contributed by atoms with van der Waals surface area (Å²) in [5.74, 6) is -1.82. The predicted molar refractivity (Wildman–Crippen MR) is 186 cm³/mol. The number of halogens is 2. The molecule has 3 aromatic rings. The monoisotopic (exact) mass is 668 g/mol. The van der Waals surface area contributed by atoms with Crippen LogP contribution in [0.5, 0.6) is 0 Å². The maximum atomic E-state index is 15.0. The first-order valence-corrected chi connectivity index (χ1v) is 17.5. The molecule has 9 heteroatoms. The number of nitrogens with zero attached hydrogens (tertiary/aromatic N) is 3. The van der Waals surface area contributed by atoms with Crippen LogP contribution >= 0.6 is 0 Å². The van der Waals surface area contributed by atoms with Gasteiger partial charge in [0.2, 0.25) is 5.91 Å². The Kier molecular flexibility index (Phi) is 11.4. The van der Waals surface area contributed by atoms with Gasteiger partial charge in [-0.3, -0.25) is 9.69 Å². The van der Waals surface area contributed by atoms with Gasteiger partial charge in [0.1, 0.15) is 11.6 Å². The lowest BCUT2D eigenvalue weighted by Crippen LogP contribution is -2.58. The quantitative estimate of drug-likeness (QED) is 0.266. The molecule has 0 bridgehead atoms. The third-order valence-electron chi connectivity index (χ3n) is 9.96. The zero-order valence-electron chi connectivity index (χ0n) is 28.1. The van der Waals surface area contributed by atoms with Crippen LogP contribution in [0.2, 0.25) is 0 Å². The van der Waals surface area contributed by atoms with Gasteiger partial charge < -0.3 is 19.9 Å². The lowest BCUT2D eigenvalue weighted by Gasteiger charge is -2.47. The summed E-state index contributed by atoms with van der Waals surface area (Å²) in [7, 11) is 0. The molecule has 2 amide bonds. The maximum absolute atomic E-state index is 15.0. The maximum Gasteiger partial charge on any atom is 0.407 e. The van der Waals surface area contributed by atoms with Crippen molar-refractivity contribution >= 4 is 12.0 Å². The van der Waals surface area contributed by atoms with Crippen LogP contribution in [0.4, 0.5) is 13.6 Å². The molecule has 3 aromatic carbocycles. The highest BCUT2D eigenvalue weighted by Gasteiger charge is 2.42. The van der Waals surface area contributed by atoms with Crippen molar-refractivity contribution in [3.05, 3.63) is 132 Å². The topological polar surface area (TPSA) is 65.1 Å². The van der Waals surface area contributed by atoms with Crippen LogP contribution in [0.3, 0.4) is 0 Å². The van der Waals surface area contributed by atoms with Crippen LogP contribution in [-0.4, -0.2) is 71.1 Å². The molecule has 0 radical (unpaired) electrons. The molecule has 1 saturated heterocycles. The minimum atomic E-state index is -0.624. The summed E-state index contributed by atoms with van der Waals surface area (Å²) < 4.78 is 34.0. The second-order valence-electron chi connectivity index (χ2n) is 13.3. The number of rotatable bonds is 9. The summed E-state index contributed by atoms with van der Waals surface area (Å²) in [6.45, 7) is 4.55. The van der Waals surface area contributed by atoms with E-state index in [0.717, 1.165) is 43.9 Å². The Morgan fingerprint density at radius 3 is 2.33 bits per heavy atom. The van der Waals surface area contributed by atoms with E-state index in [4.69, 9.17) is 4.74 Å². The molecule has 6 rings (SSSR count). The van der Waals surface area contributed by atoms with Crippen LogP contribution in [0.1, 0.15) is 55.3 Å². The van der Waals surface area contributed by atoms with Crippen molar-refractivity contribution in [2.45, 2.75) is 69.7 Å². The number of hydrogen-bond donors (Lipinski definition) is 1. The van der Waals surface area contributed by atoms with E-state index in [1.54, 1.807) is 6.92 Å². The predicted octanol–water partition coefficient (Wildman–Crippen LogP) is 7.02. The van der Waals surface area contributed by atoms with Gasteiger partial charge in [0, 0.05) is 50.5 Å². The summed E-state index contributed by atoms with van der Waals surface area (Å²) in [6, 6.07) is 23.1. The second kappa shape index (κ2) is 16.3. The zero-order valence-corrected chi connectivity index (χ0v) is 28.1. The van der Waals surface area contributed by atoms with Gasteiger partial charge in [0.25, 0.3) is 0 Å². The number of piperazine rings is 1. The highest BCUT2D eigenvalue weighted by Crippen LogP contribution is 2.39. The van der Waals surface area contributed by atoms with Gasteiger partial charge in [-0.25, -0.2) is 13.6 Å². The number of alkyl carbamates (subject to hydrolysis) is 1. The van der Waals surface area contributed by atoms with Gasteiger partial charge in [0.15, 0.2) is 0 Å². The number of carbonyl (C=O) groups is 2. The molecule has 258 valence electrons. The normalized spacial score (nSPS) is 24.3. The molecule has 1 saturated carbocycles. The number of hydrogen-bond acceptors (Lipinski definition) is 5. The molecular formula is C40H46F2N4O3. The molecule has 1 aliphatic carbocycles. The first-order valence-electron chi connectivity index (χ1n) is 17.5. The van der Waals surface area contributed by atoms with Crippen molar-refractivity contribution in [3.8, 4) is 0 Å². The molecule has 2 heterocycles. The average Bonchev–Trinajstić information content (AvgIpc) is 3.32. The molecule has 3 aliphatic rings. The lowest BCUT2D eigenvalue weighted by atomic mass is 9.84. The first kappa shape index (κ1) is 34.4. The fraction of sp³-hybridized carbons (Fsp3) is 0.400. The van der Waals surface area contributed by atoms with Crippen molar-refractivity contribution in [1.29, 1.82) is 0 Å². The molecule has 2 unspecified atom stereocenters. The molecular weight excluding hydrogens is 622 g/mol. The smallest absolute Gasteiger partial charge is 0.407 e. The van der Waals surface area contributed by atoms with Gasteiger partial charge in [-0.05, 0) is 61.1 Å². The Bertz CT molecular complexity index is 1600. The van der Waals surface area contributed by atoms with Crippen LogP contribution in [0, 0.1) is 17.6 Å². The standard InChI is InChI=1S/C40H46F2N4O3/c1-2-49-40(48)43-36-18-9-10-19-37(36)46-20-12-11-17-35(38(46)31-15-7-4-8-16-31)39(47)45-22-21-44(27-29-13-5-3-6-14-29)28-34(45)25-30-23-32(41)26-33(42)24-30/h3-8,11-17,20,23-24,26,34-38H,2,9-10,18-19,21-22,25,27-28H2,1H3,(H,43,48)/t34-,35?,36+,37+,38?/m1/s1. The van der Waals surface area contributed by atoms with E-state index in [1.807, 2.05) is 59.5 Å². The van der Waals surface area contributed by atoms with Crippen molar-refractivity contribution < 1.29 is 23.1 Å². The number of ether oxygens (including phenoxy) is 1. The minimum absolute atomic E-state index is 0.0225. The van der Waals surface area contributed by atoms with E-state index in [1.165, 1.54) is 17.7 Å². The largest absolute Gasteiger partial charge is 0.450 e. The van der Waals surface area contributed by atoms with Crippen molar-refractivity contribution in [3.63, 3.8) is 0 Å². The Morgan fingerprint density at radius 2 is 1.59 bits per heavy atom. The average molecular weight is 669 g/mol. The Hall–Kier alpha value is -4.50. The molecule has 0 aromatic heterocycles. The molecule has 0 spiro atoms. The Balaban J connectivity index is 1.32. The molecule has 1 N–H and O–H groups in total. The summed E-state index contributed by atoms with van der Waals surface area (Å²) in [6.07, 6.45) is 11.6. The molecule has 7 nitrogen and oxygen atoms in total. The van der Waals surface area contributed by atoms with Crippen LogP contribution < -0.4 is 5.32 Å². The minimum Gasteiger partial charge on any atom is -0.450 e. The van der Waals surface area contributed by atoms with E-state index in [2.05, 4.69) is 45.6 Å². The van der Waals surface area contributed by atoms with Crippen LogP contribution in [0.15, 0.2) is 103 Å². The van der Waals surface area contributed by atoms with Crippen molar-refractivity contribution in [2.75, 3.05) is 26.2 Å². The van der Waals surface area contributed by atoms with E-state index in [0.29, 0.717) is 38.2 Å². The SMILES string of the molecule is CCOC(=O)N[C@H]1CCCC[C@@H]1N1C=CC=CC(C(=O)N2CCN(Cc3ccccc3)C[C@H]2Cc2cc(F)cc(F)c2)C1c1ccccc1. The number of carbonyl (C=O) groups excluding carboxylic acids is 2. The van der Waals surface area contributed by atoms with E-state index < -0.39 is 23.6 Å². The summed E-state index contributed by atoms with van der Waals surface area (Å²) in [5, 5.41) is 3.12. The van der Waals surface area contributed by atoms with E-state index in [9.17, 15) is 13.6 Å². The zero-order chi connectivity index (χ0) is 34.2. The number of benzene rings is 3. The van der Waals surface area contributed by atoms with E-state index in [-0.39, 0.29) is 30.1 Å². The second-order valence-corrected chi connectivity index (χ2v) is 13.3. The van der Waals surface area contributed by atoms with Gasteiger partial charge >= 0.3 is 6.09 Å². The summed E-state index contributed by atoms with van der Waals surface area (Å²) in [4.78, 5) is 34.2. The number of amides is 2. The fourth-order valence-corrected chi connectivity index (χ4v) is 7.80. The third kappa shape index (κ3) is 8.57. The molecule has 5 atom stereocenters. The fourth-order valence-electron chi connectivity index (χ4n) is 7.80. The summed E-state index contributed by atoms with van der Waals surface area (Å²) >= 11 is 0. The molecule has 2 fully saturated rings. The van der Waals surface area contributed by atoms with Gasteiger partial charge in [-0.1, -0.05) is 85.7 Å². The Labute approximate surface area is 288 Å². The highest BCUT2D eigenvalue weighted by atomic mass is 19.1. The van der Waals surface area contributed by atoms with Crippen LogP contribution in [0.25, 0.3) is 0 Å². The van der Waals surface area contributed by atoms with Gasteiger partial charge in [-0.2, -0.15) is 0 Å². The lowest BCUT2D eigenvalue weighted by molar-refractivity contribution is -0.141. The highest BCUT2D eigenvalue weighted by molar-refractivity contribution is 5.82. The van der Waals surface area contributed by atoms with Gasteiger partial charge in [0.05, 0.1) is 24.6 Å². The van der Waals surface area contributed by atoms with Crippen molar-refractivity contribution in [2.24, 2.45) is 5.92 Å². The number of nitrogens with one attached hydrogen (secondary N) is 1. The van der Waals surface area contributed by atoms with Gasteiger partial charge in [-0.15, -0.1) is 0 Å². The van der Waals surface area contributed by atoms with E-state index >= 15 is 4.79 Å². The molecule has 2 aliphatic heterocycles. The van der Waals surface area contributed by atoms with Crippen molar-refractivity contribution in [1.82, 2.24) is 20.0 Å². The first-order chi connectivity index (χ1) is 23.9. The molecule has 49 heavy (non-hydrogen) atoms. The van der Waals surface area contributed by atoms with Crippen LogP contribution in [-0.2, 0) is 22.5 Å². The Morgan fingerprint density at radius 1 is 0.878 bits per heavy atom. The third-order valence-corrected chi connectivity index (χ3v) is 9.96. The number of allylic oxidation sites excluding steroid dienone is 2.